The van der Waals surface area contributed by atoms with Crippen LogP contribution >= 0.6 is 11.6 Å². The molecule has 0 amide bonds. The second-order valence-electron chi connectivity index (χ2n) is 9.02. The van der Waals surface area contributed by atoms with E-state index >= 15 is 0 Å². The van der Waals surface area contributed by atoms with Gasteiger partial charge in [0.25, 0.3) is 0 Å². The minimum absolute atomic E-state index is 0.105. The largest absolute Gasteiger partial charge is 0.393 e. The van der Waals surface area contributed by atoms with Gasteiger partial charge in [-0.25, -0.2) is 0 Å². The van der Waals surface area contributed by atoms with Crippen molar-refractivity contribution in [3.63, 3.8) is 0 Å². The van der Waals surface area contributed by atoms with E-state index in [1.165, 1.54) is 34.2 Å². The number of aliphatic hydroxyl groups excluding tert-OH is 1. The van der Waals surface area contributed by atoms with E-state index in [1.807, 2.05) is 24.3 Å². The predicted octanol–water partition coefficient (Wildman–Crippen LogP) is 7.55. The normalized spacial score (nSPS) is 18.9. The fourth-order valence-corrected chi connectivity index (χ4v) is 5.17. The second kappa shape index (κ2) is 9.46. The van der Waals surface area contributed by atoms with Crippen LogP contribution < -0.4 is 0 Å². The van der Waals surface area contributed by atoms with Crippen molar-refractivity contribution >= 4 is 28.2 Å². The van der Waals surface area contributed by atoms with Crippen LogP contribution in [0.2, 0.25) is 5.02 Å². The lowest BCUT2D eigenvalue weighted by Gasteiger charge is -2.26. The summed E-state index contributed by atoms with van der Waals surface area (Å²) in [5, 5.41) is 12.0. The Morgan fingerprint density at radius 2 is 1.84 bits per heavy atom. The maximum Gasteiger partial charge on any atom is 0.0542 e. The van der Waals surface area contributed by atoms with Gasteiger partial charge in [0, 0.05) is 21.8 Å². The third-order valence-corrected chi connectivity index (χ3v) is 7.03. The fourth-order valence-electron chi connectivity index (χ4n) is 5.05. The van der Waals surface area contributed by atoms with Gasteiger partial charge < -0.3 is 9.67 Å². The lowest BCUT2D eigenvalue weighted by atomic mass is 9.83. The van der Waals surface area contributed by atoms with Gasteiger partial charge in [-0.2, -0.15) is 0 Å². The summed E-state index contributed by atoms with van der Waals surface area (Å²) < 4.78 is 2.26. The highest BCUT2D eigenvalue weighted by Gasteiger charge is 2.21. The van der Waals surface area contributed by atoms with Crippen LogP contribution in [-0.2, 0) is 6.42 Å². The van der Waals surface area contributed by atoms with E-state index in [4.69, 9.17) is 11.6 Å². The molecule has 1 fully saturated rings. The number of rotatable bonds is 7. The number of aliphatic hydroxyl groups is 1. The number of halogens is 1. The van der Waals surface area contributed by atoms with E-state index in [9.17, 15) is 5.11 Å². The van der Waals surface area contributed by atoms with E-state index < -0.39 is 0 Å². The number of allylic oxidation sites excluding steroid dienone is 1. The molecule has 4 rings (SSSR count). The first kappa shape index (κ1) is 21.9. The Bertz CT molecular complexity index is 1090. The molecule has 2 atom stereocenters. The highest BCUT2D eigenvalue weighted by Crippen LogP contribution is 2.34. The predicted molar refractivity (Wildman–Crippen MR) is 133 cm³/mol. The van der Waals surface area contributed by atoms with Crippen LogP contribution in [0.4, 0.5) is 0 Å². The minimum atomic E-state index is -0.105. The number of fused-ring (bicyclic) bond motifs is 1. The van der Waals surface area contributed by atoms with Gasteiger partial charge >= 0.3 is 0 Å². The van der Waals surface area contributed by atoms with E-state index in [-0.39, 0.29) is 6.10 Å². The van der Waals surface area contributed by atoms with Crippen LogP contribution in [0.3, 0.4) is 0 Å². The van der Waals surface area contributed by atoms with Crippen molar-refractivity contribution in [2.24, 2.45) is 5.92 Å². The number of hydrogen-bond acceptors (Lipinski definition) is 1. The topological polar surface area (TPSA) is 25.2 Å². The molecule has 1 aliphatic carbocycles. The van der Waals surface area contributed by atoms with Gasteiger partial charge in [-0.15, -0.1) is 0 Å². The summed E-state index contributed by atoms with van der Waals surface area (Å²) in [7, 11) is 0. The Labute approximate surface area is 190 Å². The fraction of sp³-hybridized carbons (Fsp3) is 0.357. The molecule has 1 N–H and O–H groups in total. The molecular formula is C28H32ClNO. The van der Waals surface area contributed by atoms with Crippen LogP contribution in [0.5, 0.6) is 0 Å². The Balaban J connectivity index is 1.57. The molecule has 2 aromatic carbocycles. The van der Waals surface area contributed by atoms with Crippen LogP contribution in [-0.4, -0.2) is 15.8 Å². The SMILES string of the molecule is C=C(CCC1CCCC(O)C1)Cc1c(C)n(C(=C)c2ccc(Cl)cc2)c2ccccc12. The van der Waals surface area contributed by atoms with Crippen LogP contribution in [0.1, 0.15) is 55.3 Å². The quantitative estimate of drug-likeness (QED) is 0.382. The highest BCUT2D eigenvalue weighted by molar-refractivity contribution is 6.30. The maximum atomic E-state index is 9.96. The smallest absolute Gasteiger partial charge is 0.0542 e. The average Bonchev–Trinajstić information content (AvgIpc) is 3.04. The molecule has 3 aromatic rings. The molecule has 1 saturated carbocycles. The van der Waals surface area contributed by atoms with Crippen LogP contribution in [0.15, 0.2) is 67.3 Å². The Morgan fingerprint density at radius 1 is 1.10 bits per heavy atom. The molecule has 31 heavy (non-hydrogen) atoms. The molecule has 2 unspecified atom stereocenters. The Kier molecular flexibility index (Phi) is 6.69. The summed E-state index contributed by atoms with van der Waals surface area (Å²) in [4.78, 5) is 0. The zero-order valence-corrected chi connectivity index (χ0v) is 19.2. The summed E-state index contributed by atoms with van der Waals surface area (Å²) in [5.41, 5.74) is 7.02. The number of nitrogens with zero attached hydrogens (tertiary/aromatic N) is 1. The molecule has 0 radical (unpaired) electrons. The van der Waals surface area contributed by atoms with Crippen molar-refractivity contribution in [1.29, 1.82) is 0 Å². The summed E-state index contributed by atoms with van der Waals surface area (Å²) in [6, 6.07) is 16.4. The molecule has 1 heterocycles. The zero-order valence-electron chi connectivity index (χ0n) is 18.4. The van der Waals surface area contributed by atoms with Gasteiger partial charge in [0.1, 0.15) is 0 Å². The third kappa shape index (κ3) is 4.81. The van der Waals surface area contributed by atoms with E-state index in [2.05, 4.69) is 48.9 Å². The summed E-state index contributed by atoms with van der Waals surface area (Å²) in [6.45, 7) is 11.0. The van der Waals surface area contributed by atoms with Crippen molar-refractivity contribution in [3.05, 3.63) is 89.1 Å². The Hall–Kier alpha value is -2.29. The minimum Gasteiger partial charge on any atom is -0.393 e. The number of para-hydroxylation sites is 1. The van der Waals surface area contributed by atoms with Crippen molar-refractivity contribution < 1.29 is 5.11 Å². The second-order valence-corrected chi connectivity index (χ2v) is 9.46. The zero-order chi connectivity index (χ0) is 22.0. The van der Waals surface area contributed by atoms with Crippen LogP contribution in [0.25, 0.3) is 16.6 Å². The summed E-state index contributed by atoms with van der Waals surface area (Å²) >= 11 is 6.08. The summed E-state index contributed by atoms with van der Waals surface area (Å²) in [6.07, 6.45) is 7.23. The third-order valence-electron chi connectivity index (χ3n) is 6.78. The monoisotopic (exact) mass is 433 g/mol. The molecule has 1 aromatic heterocycles. The van der Waals surface area contributed by atoms with Crippen molar-refractivity contribution in [2.45, 2.75) is 58.0 Å². The van der Waals surface area contributed by atoms with Crippen molar-refractivity contribution in [2.75, 3.05) is 0 Å². The van der Waals surface area contributed by atoms with Crippen molar-refractivity contribution in [3.8, 4) is 0 Å². The molecule has 2 nitrogen and oxygen atoms in total. The van der Waals surface area contributed by atoms with Crippen LogP contribution in [0, 0.1) is 12.8 Å². The van der Waals surface area contributed by atoms with E-state index in [0.717, 1.165) is 54.8 Å². The van der Waals surface area contributed by atoms with Gasteiger partial charge in [-0.05, 0) is 74.3 Å². The lowest BCUT2D eigenvalue weighted by Crippen LogP contribution is -2.19. The maximum absolute atomic E-state index is 9.96. The molecular weight excluding hydrogens is 402 g/mol. The highest BCUT2D eigenvalue weighted by atomic mass is 35.5. The first-order valence-electron chi connectivity index (χ1n) is 11.3. The van der Waals surface area contributed by atoms with E-state index in [1.54, 1.807) is 0 Å². The van der Waals surface area contributed by atoms with Crippen molar-refractivity contribution in [1.82, 2.24) is 4.57 Å². The molecule has 1 aliphatic rings. The van der Waals surface area contributed by atoms with Gasteiger partial charge in [0.05, 0.1) is 11.6 Å². The first-order chi connectivity index (χ1) is 14.9. The van der Waals surface area contributed by atoms with Gasteiger partial charge in [0.15, 0.2) is 0 Å². The van der Waals surface area contributed by atoms with Gasteiger partial charge in [0.2, 0.25) is 0 Å². The number of aromatic nitrogens is 1. The van der Waals surface area contributed by atoms with Gasteiger partial charge in [-0.1, -0.05) is 73.5 Å². The van der Waals surface area contributed by atoms with E-state index in [0.29, 0.717) is 5.92 Å². The average molecular weight is 434 g/mol. The first-order valence-corrected chi connectivity index (χ1v) is 11.7. The molecule has 0 spiro atoms. The molecule has 3 heteroatoms. The number of hydrogen-bond donors (Lipinski definition) is 1. The summed E-state index contributed by atoms with van der Waals surface area (Å²) in [5.74, 6) is 0.632. The Morgan fingerprint density at radius 3 is 2.58 bits per heavy atom. The number of benzene rings is 2. The van der Waals surface area contributed by atoms with Gasteiger partial charge in [-0.3, -0.25) is 0 Å². The standard InChI is InChI=1S/C28H32ClNO/c1-19(11-12-22-7-6-8-25(31)18-22)17-27-21(3)30(28-10-5-4-9-26(27)28)20(2)23-13-15-24(29)16-14-23/h4-5,9-10,13-16,22,25,31H,1-2,6-8,11-12,17-18H2,3H3. The molecule has 0 aliphatic heterocycles. The molecule has 0 bridgehead atoms. The lowest BCUT2D eigenvalue weighted by molar-refractivity contribution is 0.0983. The molecule has 162 valence electrons. The molecule has 0 saturated heterocycles.